The molecule has 30 heavy (non-hydrogen) atoms. The van der Waals surface area contributed by atoms with Crippen LogP contribution >= 0.6 is 34.8 Å². The lowest BCUT2D eigenvalue weighted by Gasteiger charge is -2.32. The predicted octanol–water partition coefficient (Wildman–Crippen LogP) is 5.57. The lowest BCUT2D eigenvalue weighted by atomic mass is 10.0. The Bertz CT molecular complexity index is 961. The van der Waals surface area contributed by atoms with Crippen molar-refractivity contribution in [1.82, 2.24) is 10.2 Å². The van der Waals surface area contributed by atoms with E-state index in [0.29, 0.717) is 45.4 Å². The number of carbonyl (C=O) groups is 1. The summed E-state index contributed by atoms with van der Waals surface area (Å²) in [6, 6.07) is 12.2. The maximum atomic E-state index is 13.0. The number of amides is 1. The summed E-state index contributed by atoms with van der Waals surface area (Å²) in [7, 11) is 0. The SMILES string of the molecule is O=C(C1=NN(c2ccc(Cl)cc2Cl)C(c2ccc(Cl)cc2)C1)N(O)N1CCCCC1. The highest BCUT2D eigenvalue weighted by molar-refractivity contribution is 6.40. The standard InChI is InChI=1S/C21H21Cl3N4O2/c22-15-6-4-14(5-7-15)20-13-18(21(29)28(30)26-10-2-1-3-11-26)25-27(20)19-9-8-16(23)12-17(19)24/h4-9,12,20,30H,1-3,10-11,13H2. The molecule has 6 nitrogen and oxygen atoms in total. The van der Waals surface area contributed by atoms with E-state index in [-0.39, 0.29) is 11.8 Å². The van der Waals surface area contributed by atoms with Gasteiger partial charge in [-0.1, -0.05) is 53.4 Å². The molecular weight excluding hydrogens is 447 g/mol. The van der Waals surface area contributed by atoms with Crippen molar-refractivity contribution in [3.05, 3.63) is 63.1 Å². The van der Waals surface area contributed by atoms with Gasteiger partial charge in [-0.3, -0.25) is 15.0 Å². The number of hydroxylamine groups is 1. The molecule has 0 radical (unpaired) electrons. The molecule has 0 bridgehead atoms. The largest absolute Gasteiger partial charge is 0.308 e. The van der Waals surface area contributed by atoms with Crippen molar-refractivity contribution >= 4 is 52.1 Å². The van der Waals surface area contributed by atoms with Crippen LogP contribution in [-0.2, 0) is 4.79 Å². The predicted molar refractivity (Wildman–Crippen MR) is 119 cm³/mol. The molecule has 1 saturated heterocycles. The van der Waals surface area contributed by atoms with E-state index in [4.69, 9.17) is 34.8 Å². The molecule has 0 aliphatic carbocycles. The number of benzene rings is 2. The number of hydrazone groups is 1. The van der Waals surface area contributed by atoms with Gasteiger partial charge in [-0.15, -0.1) is 5.17 Å². The number of hydrogen-bond acceptors (Lipinski definition) is 5. The molecule has 1 atom stereocenters. The molecule has 2 heterocycles. The Hall–Kier alpha value is -1.83. The van der Waals surface area contributed by atoms with E-state index in [2.05, 4.69) is 5.10 Å². The van der Waals surface area contributed by atoms with Gasteiger partial charge in [0.15, 0.2) is 0 Å². The zero-order valence-electron chi connectivity index (χ0n) is 16.1. The van der Waals surface area contributed by atoms with E-state index in [0.717, 1.165) is 24.8 Å². The van der Waals surface area contributed by atoms with E-state index in [9.17, 15) is 10.0 Å². The van der Waals surface area contributed by atoms with Crippen LogP contribution in [0.3, 0.4) is 0 Å². The summed E-state index contributed by atoms with van der Waals surface area (Å²) in [4.78, 5) is 13.0. The second kappa shape index (κ2) is 9.12. The van der Waals surface area contributed by atoms with E-state index < -0.39 is 5.91 Å². The smallest absolute Gasteiger partial charge is 0.270 e. The molecule has 1 N–H and O–H groups in total. The first-order valence-corrected chi connectivity index (χ1v) is 10.9. The van der Waals surface area contributed by atoms with Crippen LogP contribution in [0.15, 0.2) is 47.6 Å². The topological polar surface area (TPSA) is 59.4 Å². The van der Waals surface area contributed by atoms with Crippen LogP contribution in [0, 0.1) is 0 Å². The fraction of sp³-hybridized carbons (Fsp3) is 0.333. The zero-order valence-corrected chi connectivity index (χ0v) is 18.4. The quantitative estimate of drug-likeness (QED) is 0.471. The highest BCUT2D eigenvalue weighted by Gasteiger charge is 2.36. The summed E-state index contributed by atoms with van der Waals surface area (Å²) in [6.07, 6.45) is 3.30. The minimum atomic E-state index is -0.525. The number of halogens is 3. The third kappa shape index (κ3) is 4.43. The van der Waals surface area contributed by atoms with Crippen molar-refractivity contribution in [2.75, 3.05) is 18.1 Å². The zero-order chi connectivity index (χ0) is 21.3. The Morgan fingerprint density at radius 3 is 2.33 bits per heavy atom. The molecule has 0 saturated carbocycles. The monoisotopic (exact) mass is 466 g/mol. The Morgan fingerprint density at radius 2 is 1.67 bits per heavy atom. The molecule has 0 spiro atoms. The van der Waals surface area contributed by atoms with E-state index in [1.165, 1.54) is 0 Å². The molecule has 2 aromatic rings. The van der Waals surface area contributed by atoms with Gasteiger partial charge in [-0.05, 0) is 48.7 Å². The molecule has 2 aliphatic heterocycles. The molecule has 0 aromatic heterocycles. The highest BCUT2D eigenvalue weighted by Crippen LogP contribution is 2.40. The van der Waals surface area contributed by atoms with Crippen LogP contribution in [0.5, 0.6) is 0 Å². The summed E-state index contributed by atoms with van der Waals surface area (Å²) in [5.41, 5.74) is 1.82. The Morgan fingerprint density at radius 1 is 1.00 bits per heavy atom. The normalized spacial score (nSPS) is 19.7. The second-order valence-electron chi connectivity index (χ2n) is 7.37. The van der Waals surface area contributed by atoms with Gasteiger partial charge in [0.25, 0.3) is 0 Å². The summed E-state index contributed by atoms with van der Waals surface area (Å²) < 4.78 is 0. The third-order valence-corrected chi connectivity index (χ3v) is 6.14. The summed E-state index contributed by atoms with van der Waals surface area (Å²) in [5, 5.41) is 20.7. The van der Waals surface area contributed by atoms with Crippen molar-refractivity contribution in [3.8, 4) is 0 Å². The van der Waals surface area contributed by atoms with E-state index >= 15 is 0 Å². The number of hydrogen-bond donors (Lipinski definition) is 1. The van der Waals surface area contributed by atoms with Gasteiger partial charge in [0.2, 0.25) is 0 Å². The van der Waals surface area contributed by atoms with E-state index in [1.54, 1.807) is 40.3 Å². The highest BCUT2D eigenvalue weighted by atomic mass is 35.5. The van der Waals surface area contributed by atoms with Crippen molar-refractivity contribution in [2.24, 2.45) is 5.10 Å². The van der Waals surface area contributed by atoms with Crippen molar-refractivity contribution in [2.45, 2.75) is 31.7 Å². The summed E-state index contributed by atoms with van der Waals surface area (Å²) >= 11 is 18.5. The molecular formula is C21H21Cl3N4O2. The van der Waals surface area contributed by atoms with Crippen molar-refractivity contribution < 1.29 is 10.0 Å². The molecule has 158 valence electrons. The number of carbonyl (C=O) groups excluding carboxylic acids is 1. The molecule has 1 fully saturated rings. The van der Waals surface area contributed by atoms with Crippen molar-refractivity contribution in [3.63, 3.8) is 0 Å². The van der Waals surface area contributed by atoms with E-state index in [1.807, 2.05) is 12.1 Å². The van der Waals surface area contributed by atoms with Crippen LogP contribution in [0.4, 0.5) is 5.69 Å². The van der Waals surface area contributed by atoms with Crippen LogP contribution in [0.25, 0.3) is 0 Å². The molecule has 1 amide bonds. The number of piperidine rings is 1. The molecule has 2 aliphatic rings. The summed E-state index contributed by atoms with van der Waals surface area (Å²) in [6.45, 7) is 1.28. The summed E-state index contributed by atoms with van der Waals surface area (Å²) in [5.74, 6) is -0.525. The van der Waals surface area contributed by atoms with Gasteiger partial charge in [0, 0.05) is 29.6 Å². The fourth-order valence-electron chi connectivity index (χ4n) is 3.78. The number of anilines is 1. The average Bonchev–Trinajstić information content (AvgIpc) is 3.19. The number of nitrogens with zero attached hydrogens (tertiary/aromatic N) is 4. The second-order valence-corrected chi connectivity index (χ2v) is 8.65. The minimum absolute atomic E-state index is 0.258. The lowest BCUT2D eigenvalue weighted by molar-refractivity contribution is -0.235. The van der Waals surface area contributed by atoms with Crippen LogP contribution in [0.1, 0.15) is 37.3 Å². The molecule has 2 aromatic carbocycles. The average molecular weight is 468 g/mol. The minimum Gasteiger partial charge on any atom is -0.270 e. The Kier molecular flexibility index (Phi) is 6.51. The van der Waals surface area contributed by atoms with Gasteiger partial charge < -0.3 is 0 Å². The number of rotatable bonds is 4. The van der Waals surface area contributed by atoms with Gasteiger partial charge >= 0.3 is 5.91 Å². The first kappa shape index (κ1) is 21.4. The van der Waals surface area contributed by atoms with Gasteiger partial charge in [-0.25, -0.2) is 0 Å². The fourth-order valence-corrected chi connectivity index (χ4v) is 4.40. The first-order chi connectivity index (χ1) is 14.4. The molecule has 9 heteroatoms. The molecule has 1 unspecified atom stereocenters. The van der Waals surface area contributed by atoms with Gasteiger partial charge in [0.1, 0.15) is 5.71 Å². The van der Waals surface area contributed by atoms with Gasteiger partial charge in [0.05, 0.1) is 16.8 Å². The maximum Gasteiger partial charge on any atom is 0.308 e. The number of hydrazine groups is 1. The van der Waals surface area contributed by atoms with Crippen LogP contribution in [0.2, 0.25) is 15.1 Å². The first-order valence-electron chi connectivity index (χ1n) is 9.79. The Balaban J connectivity index is 1.66. The Labute approximate surface area is 190 Å². The van der Waals surface area contributed by atoms with Crippen molar-refractivity contribution in [1.29, 1.82) is 0 Å². The van der Waals surface area contributed by atoms with Crippen LogP contribution < -0.4 is 5.01 Å². The van der Waals surface area contributed by atoms with Gasteiger partial charge in [-0.2, -0.15) is 10.1 Å². The lowest BCUT2D eigenvalue weighted by Crippen LogP contribution is -2.49. The third-order valence-electron chi connectivity index (χ3n) is 5.35. The van der Waals surface area contributed by atoms with Crippen LogP contribution in [-0.4, -0.2) is 40.1 Å². The maximum absolute atomic E-state index is 13.0. The molecule has 4 rings (SSSR count).